The Morgan fingerprint density at radius 1 is 1.32 bits per heavy atom. The SMILES string of the molecule is COc1ccc(NC(C)=O)cc1NC(=O)NCCO. The van der Waals surface area contributed by atoms with Crippen LogP contribution in [-0.2, 0) is 4.79 Å². The number of anilines is 2. The fraction of sp³-hybridized carbons (Fsp3) is 0.333. The van der Waals surface area contributed by atoms with Gasteiger partial charge < -0.3 is 25.8 Å². The van der Waals surface area contributed by atoms with Gasteiger partial charge in [-0.15, -0.1) is 0 Å². The number of hydrogen-bond acceptors (Lipinski definition) is 4. The van der Waals surface area contributed by atoms with Crippen LogP contribution in [0.15, 0.2) is 18.2 Å². The zero-order valence-electron chi connectivity index (χ0n) is 10.8. The molecule has 1 aromatic rings. The van der Waals surface area contributed by atoms with Gasteiger partial charge in [0, 0.05) is 19.2 Å². The van der Waals surface area contributed by atoms with Gasteiger partial charge >= 0.3 is 6.03 Å². The average molecular weight is 267 g/mol. The van der Waals surface area contributed by atoms with Crippen molar-refractivity contribution in [1.82, 2.24) is 5.32 Å². The molecule has 0 radical (unpaired) electrons. The second-order valence-electron chi connectivity index (χ2n) is 3.70. The standard InChI is InChI=1S/C12H17N3O4/c1-8(17)14-9-3-4-11(19-2)10(7-9)15-12(18)13-5-6-16/h3-4,7,16H,5-6H2,1-2H3,(H,14,17)(H2,13,15,18). The molecule has 7 nitrogen and oxygen atoms in total. The number of amides is 3. The van der Waals surface area contributed by atoms with Gasteiger partial charge in [-0.25, -0.2) is 4.79 Å². The number of methoxy groups -OCH3 is 1. The molecule has 0 aliphatic rings. The predicted molar refractivity (Wildman–Crippen MR) is 71.4 cm³/mol. The summed E-state index contributed by atoms with van der Waals surface area (Å²) in [5.74, 6) is 0.258. The third kappa shape index (κ3) is 4.84. The van der Waals surface area contributed by atoms with Crippen LogP contribution in [0, 0.1) is 0 Å². The first kappa shape index (κ1) is 14.8. The smallest absolute Gasteiger partial charge is 0.319 e. The number of carbonyl (C=O) groups excluding carboxylic acids is 2. The highest BCUT2D eigenvalue weighted by molar-refractivity contribution is 5.94. The predicted octanol–water partition coefficient (Wildman–Crippen LogP) is 0.767. The summed E-state index contributed by atoms with van der Waals surface area (Å²) in [7, 11) is 1.48. The van der Waals surface area contributed by atoms with Crippen molar-refractivity contribution in [3.05, 3.63) is 18.2 Å². The molecule has 0 aromatic heterocycles. The second-order valence-corrected chi connectivity index (χ2v) is 3.70. The molecule has 0 unspecified atom stereocenters. The van der Waals surface area contributed by atoms with Crippen LogP contribution in [-0.4, -0.2) is 37.3 Å². The molecule has 4 N–H and O–H groups in total. The van der Waals surface area contributed by atoms with Crippen LogP contribution in [0.25, 0.3) is 0 Å². The Balaban J connectivity index is 2.83. The third-order valence-corrected chi connectivity index (χ3v) is 2.17. The van der Waals surface area contributed by atoms with Crippen LogP contribution < -0.4 is 20.7 Å². The Kier molecular flexibility index (Phi) is 5.62. The Hall–Kier alpha value is -2.28. The first-order valence-electron chi connectivity index (χ1n) is 5.68. The number of ether oxygens (including phenoxy) is 1. The number of aliphatic hydroxyl groups is 1. The van der Waals surface area contributed by atoms with E-state index >= 15 is 0 Å². The number of nitrogens with one attached hydrogen (secondary N) is 3. The summed E-state index contributed by atoms with van der Waals surface area (Å²) in [4.78, 5) is 22.5. The molecular formula is C12H17N3O4. The minimum atomic E-state index is -0.465. The molecule has 0 bridgehead atoms. The summed E-state index contributed by atoms with van der Waals surface area (Å²) < 4.78 is 5.11. The fourth-order valence-electron chi connectivity index (χ4n) is 1.42. The maximum atomic E-state index is 11.5. The third-order valence-electron chi connectivity index (χ3n) is 2.17. The molecule has 0 heterocycles. The lowest BCUT2D eigenvalue weighted by Crippen LogP contribution is -2.31. The molecule has 0 fully saturated rings. The monoisotopic (exact) mass is 267 g/mol. The van der Waals surface area contributed by atoms with Crippen molar-refractivity contribution in [2.45, 2.75) is 6.92 Å². The van der Waals surface area contributed by atoms with Gasteiger partial charge in [0.1, 0.15) is 5.75 Å². The second kappa shape index (κ2) is 7.22. The minimum Gasteiger partial charge on any atom is -0.495 e. The van der Waals surface area contributed by atoms with E-state index in [0.29, 0.717) is 17.1 Å². The molecule has 0 aliphatic carbocycles. The van der Waals surface area contributed by atoms with Crippen LogP contribution in [0.3, 0.4) is 0 Å². The lowest BCUT2D eigenvalue weighted by atomic mass is 10.2. The number of aliphatic hydroxyl groups excluding tert-OH is 1. The zero-order chi connectivity index (χ0) is 14.3. The Bertz CT molecular complexity index is 462. The number of benzene rings is 1. The highest BCUT2D eigenvalue weighted by Gasteiger charge is 2.08. The van der Waals surface area contributed by atoms with Gasteiger partial charge in [0.25, 0.3) is 0 Å². The summed E-state index contributed by atoms with van der Waals surface area (Å²) in [5.41, 5.74) is 0.968. The molecular weight excluding hydrogens is 250 g/mol. The molecule has 19 heavy (non-hydrogen) atoms. The summed E-state index contributed by atoms with van der Waals surface area (Å²) in [5, 5.41) is 16.2. The summed E-state index contributed by atoms with van der Waals surface area (Å²) in [6.07, 6.45) is 0. The summed E-state index contributed by atoms with van der Waals surface area (Å²) in [6.45, 7) is 1.40. The van der Waals surface area contributed by atoms with E-state index in [1.807, 2.05) is 0 Å². The molecule has 0 saturated heterocycles. The molecule has 1 rings (SSSR count). The van der Waals surface area contributed by atoms with Gasteiger partial charge in [-0.3, -0.25) is 4.79 Å². The van der Waals surface area contributed by atoms with Gasteiger partial charge in [0.05, 0.1) is 19.4 Å². The van der Waals surface area contributed by atoms with Crippen LogP contribution in [0.4, 0.5) is 16.2 Å². The molecule has 104 valence electrons. The van der Waals surface area contributed by atoms with Crippen molar-refractivity contribution in [3.63, 3.8) is 0 Å². The van der Waals surface area contributed by atoms with E-state index in [9.17, 15) is 9.59 Å². The van der Waals surface area contributed by atoms with Crippen LogP contribution >= 0.6 is 0 Å². The Morgan fingerprint density at radius 3 is 2.63 bits per heavy atom. The molecule has 7 heteroatoms. The van der Waals surface area contributed by atoms with E-state index in [1.54, 1.807) is 18.2 Å². The highest BCUT2D eigenvalue weighted by Crippen LogP contribution is 2.27. The van der Waals surface area contributed by atoms with E-state index in [2.05, 4.69) is 16.0 Å². The lowest BCUT2D eigenvalue weighted by molar-refractivity contribution is -0.114. The summed E-state index contributed by atoms with van der Waals surface area (Å²) >= 11 is 0. The number of urea groups is 1. The number of hydrogen-bond donors (Lipinski definition) is 4. The molecule has 0 spiro atoms. The first-order valence-corrected chi connectivity index (χ1v) is 5.68. The van der Waals surface area contributed by atoms with E-state index in [0.717, 1.165) is 0 Å². The number of carbonyl (C=O) groups is 2. The van der Waals surface area contributed by atoms with Gasteiger partial charge in [-0.2, -0.15) is 0 Å². The number of rotatable bonds is 5. The van der Waals surface area contributed by atoms with Crippen molar-refractivity contribution < 1.29 is 19.4 Å². The summed E-state index contributed by atoms with van der Waals surface area (Å²) in [6, 6.07) is 4.41. The van der Waals surface area contributed by atoms with E-state index in [1.165, 1.54) is 14.0 Å². The average Bonchev–Trinajstić information content (AvgIpc) is 2.36. The first-order chi connectivity index (χ1) is 9.06. The quantitative estimate of drug-likeness (QED) is 0.633. The maximum absolute atomic E-state index is 11.5. The van der Waals surface area contributed by atoms with Crippen LogP contribution in [0.2, 0.25) is 0 Å². The molecule has 3 amide bonds. The largest absolute Gasteiger partial charge is 0.495 e. The molecule has 0 atom stereocenters. The minimum absolute atomic E-state index is 0.142. The fourth-order valence-corrected chi connectivity index (χ4v) is 1.42. The highest BCUT2D eigenvalue weighted by atomic mass is 16.5. The van der Waals surface area contributed by atoms with Crippen LogP contribution in [0.5, 0.6) is 5.75 Å². The normalized spacial score (nSPS) is 9.63. The lowest BCUT2D eigenvalue weighted by Gasteiger charge is -2.12. The van der Waals surface area contributed by atoms with E-state index in [-0.39, 0.29) is 19.1 Å². The van der Waals surface area contributed by atoms with Gasteiger partial charge in [0.15, 0.2) is 0 Å². The van der Waals surface area contributed by atoms with Gasteiger partial charge in [0.2, 0.25) is 5.91 Å². The van der Waals surface area contributed by atoms with Crippen LogP contribution in [0.1, 0.15) is 6.92 Å². The van der Waals surface area contributed by atoms with Gasteiger partial charge in [-0.1, -0.05) is 0 Å². The van der Waals surface area contributed by atoms with Gasteiger partial charge in [-0.05, 0) is 18.2 Å². The topological polar surface area (TPSA) is 99.7 Å². The molecule has 0 aliphatic heterocycles. The van der Waals surface area contributed by atoms with Crippen molar-refractivity contribution in [2.24, 2.45) is 0 Å². The molecule has 0 saturated carbocycles. The molecule has 1 aromatic carbocycles. The van der Waals surface area contributed by atoms with E-state index in [4.69, 9.17) is 9.84 Å². The maximum Gasteiger partial charge on any atom is 0.319 e. The van der Waals surface area contributed by atoms with Crippen molar-refractivity contribution >= 4 is 23.3 Å². The van der Waals surface area contributed by atoms with E-state index < -0.39 is 6.03 Å². The van der Waals surface area contributed by atoms with Crippen molar-refractivity contribution in [2.75, 3.05) is 30.9 Å². The van der Waals surface area contributed by atoms with Crippen molar-refractivity contribution in [1.29, 1.82) is 0 Å². The Morgan fingerprint density at radius 2 is 2.05 bits per heavy atom. The zero-order valence-corrected chi connectivity index (χ0v) is 10.8. The Labute approximate surface area is 111 Å². The van der Waals surface area contributed by atoms with Crippen molar-refractivity contribution in [3.8, 4) is 5.75 Å².